The van der Waals surface area contributed by atoms with Crippen LogP contribution in [-0.4, -0.2) is 107 Å². The Balaban J connectivity index is 1.82. The van der Waals surface area contributed by atoms with Gasteiger partial charge in [-0.15, -0.1) is 0 Å². The summed E-state index contributed by atoms with van der Waals surface area (Å²) < 4.78 is 31.9. The molecular formula is C27H34O14. The average Bonchev–Trinajstić information content (AvgIpc) is 2.95. The van der Waals surface area contributed by atoms with Crippen molar-refractivity contribution in [1.29, 1.82) is 0 Å². The van der Waals surface area contributed by atoms with E-state index in [9.17, 15) is 39.9 Å². The molecule has 14 heteroatoms. The Morgan fingerprint density at radius 2 is 1.73 bits per heavy atom. The van der Waals surface area contributed by atoms with Crippen LogP contribution in [0.15, 0.2) is 47.7 Å². The molecule has 2 aliphatic rings. The first-order valence-corrected chi connectivity index (χ1v) is 12.7. The van der Waals surface area contributed by atoms with Gasteiger partial charge in [0.2, 0.25) is 6.29 Å². The fraction of sp³-hybridized carbons (Fsp3) is 0.519. The molecule has 1 fully saturated rings. The Bertz CT molecular complexity index is 1110. The number of ether oxygens (including phenoxy) is 6. The van der Waals surface area contributed by atoms with Crippen molar-refractivity contribution in [3.05, 3.63) is 53.3 Å². The monoisotopic (exact) mass is 582 g/mol. The van der Waals surface area contributed by atoms with Crippen LogP contribution in [0, 0.1) is 5.92 Å². The third kappa shape index (κ3) is 8.48. The van der Waals surface area contributed by atoms with Crippen molar-refractivity contribution >= 4 is 17.9 Å². The number of phenolic OH excluding ortho intramolecular Hbond substituents is 1. The average molecular weight is 583 g/mol. The quantitative estimate of drug-likeness (QED) is 0.123. The first kappa shape index (κ1) is 32.0. The minimum absolute atomic E-state index is 0.00138. The van der Waals surface area contributed by atoms with Crippen LogP contribution in [0.4, 0.5) is 0 Å². The fourth-order valence-corrected chi connectivity index (χ4v) is 4.25. The maximum absolute atomic E-state index is 12.9. The third-order valence-electron chi connectivity index (χ3n) is 6.46. The van der Waals surface area contributed by atoms with E-state index < -0.39 is 67.4 Å². The maximum Gasteiger partial charge on any atom is 0.337 e. The van der Waals surface area contributed by atoms with Gasteiger partial charge in [-0.05, 0) is 23.8 Å². The van der Waals surface area contributed by atoms with Gasteiger partial charge >= 0.3 is 17.9 Å². The van der Waals surface area contributed by atoms with Crippen molar-refractivity contribution in [3.63, 3.8) is 0 Å². The van der Waals surface area contributed by atoms with Crippen LogP contribution < -0.4 is 0 Å². The molecule has 14 nitrogen and oxygen atoms in total. The number of hydrogen-bond donors (Lipinski definition) is 5. The molecule has 0 saturated carbocycles. The minimum Gasteiger partial charge on any atom is -0.508 e. The highest BCUT2D eigenvalue weighted by Gasteiger charge is 2.47. The van der Waals surface area contributed by atoms with Gasteiger partial charge in [-0.25, -0.2) is 4.79 Å². The van der Waals surface area contributed by atoms with Gasteiger partial charge in [0.05, 0.1) is 38.6 Å². The Labute approximate surface area is 235 Å². The Kier molecular flexibility index (Phi) is 11.6. The molecule has 5 N–H and O–H groups in total. The zero-order chi connectivity index (χ0) is 30.1. The number of rotatable bonds is 11. The fourth-order valence-electron chi connectivity index (χ4n) is 4.25. The van der Waals surface area contributed by atoms with E-state index in [1.807, 2.05) is 0 Å². The van der Waals surface area contributed by atoms with Gasteiger partial charge in [-0.3, -0.25) is 9.59 Å². The molecule has 3 rings (SSSR count). The van der Waals surface area contributed by atoms with E-state index >= 15 is 0 Å². The van der Waals surface area contributed by atoms with E-state index in [0.29, 0.717) is 6.42 Å². The van der Waals surface area contributed by atoms with Crippen molar-refractivity contribution in [2.24, 2.45) is 5.92 Å². The summed E-state index contributed by atoms with van der Waals surface area (Å²) in [6.07, 6.45) is -7.11. The lowest BCUT2D eigenvalue weighted by atomic mass is 9.86. The van der Waals surface area contributed by atoms with Crippen LogP contribution in [0.1, 0.15) is 18.9 Å². The molecule has 1 aromatic rings. The Hall–Kier alpha value is -3.53. The summed E-state index contributed by atoms with van der Waals surface area (Å²) in [6, 6.07) is 6.36. The van der Waals surface area contributed by atoms with Gasteiger partial charge in [0.25, 0.3) is 0 Å². The summed E-state index contributed by atoms with van der Waals surface area (Å²) in [7, 11) is 1.13. The Morgan fingerprint density at radius 1 is 1.02 bits per heavy atom. The van der Waals surface area contributed by atoms with E-state index in [1.54, 1.807) is 12.1 Å². The van der Waals surface area contributed by atoms with Crippen LogP contribution in [0.25, 0.3) is 0 Å². The number of carbonyl (C=O) groups excluding carboxylic acids is 3. The van der Waals surface area contributed by atoms with Gasteiger partial charge in [0.1, 0.15) is 36.8 Å². The molecular weight excluding hydrogens is 548 g/mol. The van der Waals surface area contributed by atoms with Crippen molar-refractivity contribution in [2.45, 2.75) is 56.8 Å². The molecule has 226 valence electrons. The second-order valence-electron chi connectivity index (χ2n) is 9.27. The van der Waals surface area contributed by atoms with Crippen molar-refractivity contribution in [3.8, 4) is 5.75 Å². The predicted molar refractivity (Wildman–Crippen MR) is 135 cm³/mol. The zero-order valence-electron chi connectivity index (χ0n) is 22.5. The molecule has 0 aromatic heterocycles. The maximum atomic E-state index is 12.9. The summed E-state index contributed by atoms with van der Waals surface area (Å²) in [5.41, 5.74) is 0.846. The number of hydrogen-bond acceptors (Lipinski definition) is 14. The molecule has 2 heterocycles. The highest BCUT2D eigenvalue weighted by Crippen LogP contribution is 2.36. The Morgan fingerprint density at radius 3 is 2.37 bits per heavy atom. The molecule has 0 radical (unpaired) electrons. The first-order valence-electron chi connectivity index (χ1n) is 12.7. The molecule has 0 unspecified atom stereocenters. The van der Waals surface area contributed by atoms with Crippen molar-refractivity contribution < 1.29 is 68.3 Å². The van der Waals surface area contributed by atoms with E-state index in [1.165, 1.54) is 25.1 Å². The normalized spacial score (nSPS) is 28.8. The molecule has 0 spiro atoms. The summed E-state index contributed by atoms with van der Waals surface area (Å²) in [5, 5.41) is 49.5. The largest absolute Gasteiger partial charge is 0.508 e. The van der Waals surface area contributed by atoms with Crippen LogP contribution in [-0.2, 0) is 49.2 Å². The van der Waals surface area contributed by atoms with Gasteiger partial charge in [0, 0.05) is 24.8 Å². The first-order chi connectivity index (χ1) is 19.5. The summed E-state index contributed by atoms with van der Waals surface area (Å²) in [6.45, 7) is 0.182. The minimum atomic E-state index is -1.76. The molecule has 41 heavy (non-hydrogen) atoms. The lowest BCUT2D eigenvalue weighted by molar-refractivity contribution is -0.327. The molecule has 0 bridgehead atoms. The van der Waals surface area contributed by atoms with E-state index in [4.69, 9.17) is 28.4 Å². The van der Waals surface area contributed by atoms with Crippen LogP contribution in [0.5, 0.6) is 5.75 Å². The molecule has 1 aromatic carbocycles. The number of phenols is 1. The smallest absolute Gasteiger partial charge is 0.337 e. The van der Waals surface area contributed by atoms with E-state index in [0.717, 1.165) is 18.9 Å². The van der Waals surface area contributed by atoms with E-state index in [2.05, 4.69) is 0 Å². The third-order valence-corrected chi connectivity index (χ3v) is 6.46. The number of benzene rings is 1. The van der Waals surface area contributed by atoms with Crippen LogP contribution >= 0.6 is 0 Å². The molecule has 7 atom stereocenters. The van der Waals surface area contributed by atoms with Crippen LogP contribution in [0.2, 0.25) is 0 Å². The molecule has 1 saturated heterocycles. The number of aromatic hydroxyl groups is 1. The number of aliphatic hydroxyl groups excluding tert-OH is 4. The second-order valence-corrected chi connectivity index (χ2v) is 9.27. The molecule has 0 aliphatic carbocycles. The van der Waals surface area contributed by atoms with Crippen molar-refractivity contribution in [2.75, 3.05) is 26.9 Å². The SMILES string of the molecule is COC(=O)C1=CO[C@@H](O[C@@H]2O[C@H](CO)[C@@H](O)[C@H](O)[C@H]2O)/C(=C\COC(C)=O)[C@@H]1CC(=O)OCCc1ccc(O)cc1. The number of aliphatic hydroxyl groups is 4. The van der Waals surface area contributed by atoms with Crippen molar-refractivity contribution in [1.82, 2.24) is 0 Å². The van der Waals surface area contributed by atoms with E-state index in [-0.39, 0.29) is 36.5 Å². The zero-order valence-corrected chi connectivity index (χ0v) is 22.5. The predicted octanol–water partition coefficient (Wildman–Crippen LogP) is -0.797. The lowest BCUT2D eigenvalue weighted by Crippen LogP contribution is -2.60. The summed E-state index contributed by atoms with van der Waals surface area (Å²) in [5.74, 6) is -3.09. The molecule has 2 aliphatic heterocycles. The summed E-state index contributed by atoms with van der Waals surface area (Å²) in [4.78, 5) is 36.8. The standard InChI is InChI=1S/C27H34O14/c1-14(29)37-10-8-17-18(11-21(31)38-9-7-15-3-5-16(30)6-4-15)19(25(35)36-2)13-39-26(17)41-27-24(34)23(33)22(32)20(12-28)40-27/h3-6,8,13,18,20,22-24,26-28,30,32-34H,7,9-12H2,1-2H3/b17-8-/t18-,20+,22+,23-,24+,26-,27-/m0/s1. The van der Waals surface area contributed by atoms with Gasteiger partial charge < -0.3 is 54.0 Å². The number of esters is 3. The molecule has 0 amide bonds. The topological polar surface area (TPSA) is 208 Å². The van der Waals surface area contributed by atoms with Gasteiger partial charge in [0.15, 0.2) is 6.29 Å². The number of carbonyl (C=O) groups is 3. The van der Waals surface area contributed by atoms with Crippen LogP contribution in [0.3, 0.4) is 0 Å². The highest BCUT2D eigenvalue weighted by molar-refractivity contribution is 5.90. The number of methoxy groups -OCH3 is 1. The summed E-state index contributed by atoms with van der Waals surface area (Å²) >= 11 is 0. The lowest BCUT2D eigenvalue weighted by Gasteiger charge is -2.42. The highest BCUT2D eigenvalue weighted by atomic mass is 16.8. The second kappa shape index (κ2) is 14.9. The van der Waals surface area contributed by atoms with Gasteiger partial charge in [-0.1, -0.05) is 12.1 Å². The van der Waals surface area contributed by atoms with Gasteiger partial charge in [-0.2, -0.15) is 0 Å².